The van der Waals surface area contributed by atoms with Crippen LogP contribution in [-0.4, -0.2) is 27.4 Å². The van der Waals surface area contributed by atoms with Gasteiger partial charge in [0.15, 0.2) is 0 Å². The maximum absolute atomic E-state index is 12.5. The van der Waals surface area contributed by atoms with Crippen LogP contribution in [0.25, 0.3) is 0 Å². The molecule has 120 valence electrons. The zero-order valence-electron chi connectivity index (χ0n) is 12.8. The zero-order valence-corrected chi connectivity index (χ0v) is 13.6. The molecule has 23 heavy (non-hydrogen) atoms. The predicted octanol–water partition coefficient (Wildman–Crippen LogP) is 2.40. The van der Waals surface area contributed by atoms with E-state index < -0.39 is 10.0 Å². The van der Waals surface area contributed by atoms with Crippen molar-refractivity contribution in [1.82, 2.24) is 4.72 Å². The number of nitrogens with zero attached hydrogens (tertiary/aromatic N) is 1. The average molecular weight is 330 g/mol. The van der Waals surface area contributed by atoms with Crippen LogP contribution in [0, 0.1) is 0 Å². The van der Waals surface area contributed by atoms with E-state index in [1.54, 1.807) is 19.2 Å². The van der Waals surface area contributed by atoms with Crippen molar-refractivity contribution < 1.29 is 13.2 Å². The Morgan fingerprint density at radius 3 is 2.22 bits per heavy atom. The second kappa shape index (κ2) is 6.14. The molecule has 2 aromatic rings. The maximum atomic E-state index is 12.5. The van der Waals surface area contributed by atoms with Gasteiger partial charge in [-0.3, -0.25) is 4.79 Å². The number of para-hydroxylation sites is 1. The summed E-state index contributed by atoms with van der Waals surface area (Å²) in [5.74, 6) is -0.185. The Hall–Kier alpha value is -2.18. The van der Waals surface area contributed by atoms with Gasteiger partial charge in [0.1, 0.15) is 0 Å². The minimum atomic E-state index is -3.49. The normalized spacial score (nSPS) is 14.5. The van der Waals surface area contributed by atoms with Crippen molar-refractivity contribution in [1.29, 1.82) is 0 Å². The van der Waals surface area contributed by atoms with Gasteiger partial charge in [-0.25, -0.2) is 13.1 Å². The molecule has 1 aliphatic rings. The molecule has 1 aliphatic carbocycles. The number of carbonyl (C=O) groups is 1. The van der Waals surface area contributed by atoms with Crippen molar-refractivity contribution in [3.8, 4) is 0 Å². The van der Waals surface area contributed by atoms with Crippen LogP contribution >= 0.6 is 0 Å². The summed E-state index contributed by atoms with van der Waals surface area (Å²) in [5, 5.41) is 0. The summed E-state index contributed by atoms with van der Waals surface area (Å²) < 4.78 is 26.8. The monoisotopic (exact) mass is 330 g/mol. The van der Waals surface area contributed by atoms with Crippen LogP contribution in [0.4, 0.5) is 5.69 Å². The van der Waals surface area contributed by atoms with Gasteiger partial charge in [-0.1, -0.05) is 18.2 Å². The summed E-state index contributed by atoms with van der Waals surface area (Å²) in [6, 6.07) is 15.4. The first-order valence-electron chi connectivity index (χ1n) is 7.43. The van der Waals surface area contributed by atoms with E-state index in [1.807, 2.05) is 30.3 Å². The summed E-state index contributed by atoms with van der Waals surface area (Å²) in [7, 11) is -1.80. The molecule has 1 amide bonds. The molecular formula is C17H18N2O3S. The van der Waals surface area contributed by atoms with Crippen LogP contribution in [0.3, 0.4) is 0 Å². The highest BCUT2D eigenvalue weighted by Gasteiger charge is 2.28. The SMILES string of the molecule is CN(C(=O)c1ccc(S(=O)(=O)NC2CC2)cc1)c1ccccc1. The molecule has 6 heteroatoms. The molecule has 0 unspecified atom stereocenters. The van der Waals surface area contributed by atoms with Gasteiger partial charge in [0.2, 0.25) is 10.0 Å². The fourth-order valence-electron chi connectivity index (χ4n) is 2.23. The molecule has 1 N–H and O–H groups in total. The Kier molecular flexibility index (Phi) is 4.19. The van der Waals surface area contributed by atoms with Crippen molar-refractivity contribution in [2.75, 3.05) is 11.9 Å². The van der Waals surface area contributed by atoms with Crippen molar-refractivity contribution >= 4 is 21.6 Å². The molecule has 0 saturated heterocycles. The quantitative estimate of drug-likeness (QED) is 0.915. The topological polar surface area (TPSA) is 66.5 Å². The standard InChI is InChI=1S/C17H18N2O3S/c1-19(15-5-3-2-4-6-15)17(20)13-7-11-16(12-8-13)23(21,22)18-14-9-10-14/h2-8,11-12,14,18H,9-10H2,1H3. The first-order chi connectivity index (χ1) is 11.0. The molecule has 0 heterocycles. The first-order valence-corrected chi connectivity index (χ1v) is 8.91. The lowest BCUT2D eigenvalue weighted by Gasteiger charge is -2.17. The van der Waals surface area contributed by atoms with Crippen LogP contribution in [0.1, 0.15) is 23.2 Å². The Morgan fingerprint density at radius 2 is 1.65 bits per heavy atom. The Labute approximate surface area is 136 Å². The minimum absolute atomic E-state index is 0.0607. The van der Waals surface area contributed by atoms with Crippen LogP contribution in [0.2, 0.25) is 0 Å². The van der Waals surface area contributed by atoms with Crippen molar-refractivity contribution in [2.45, 2.75) is 23.8 Å². The largest absolute Gasteiger partial charge is 0.311 e. The van der Waals surface area contributed by atoms with Gasteiger partial charge >= 0.3 is 0 Å². The Bertz CT molecular complexity index is 797. The van der Waals surface area contributed by atoms with Gasteiger partial charge in [0.25, 0.3) is 5.91 Å². The molecule has 0 spiro atoms. The van der Waals surface area contributed by atoms with Crippen LogP contribution in [0.5, 0.6) is 0 Å². The molecule has 0 radical (unpaired) electrons. The molecular weight excluding hydrogens is 312 g/mol. The number of nitrogens with one attached hydrogen (secondary N) is 1. The van der Waals surface area contributed by atoms with E-state index >= 15 is 0 Å². The van der Waals surface area contributed by atoms with Crippen LogP contribution in [-0.2, 0) is 10.0 Å². The van der Waals surface area contributed by atoms with Crippen molar-refractivity contribution in [3.05, 3.63) is 60.2 Å². The lowest BCUT2D eigenvalue weighted by molar-refractivity contribution is 0.0993. The fraction of sp³-hybridized carbons (Fsp3) is 0.235. The smallest absolute Gasteiger partial charge is 0.258 e. The van der Waals surface area contributed by atoms with E-state index in [0.29, 0.717) is 5.56 Å². The second-order valence-corrected chi connectivity index (χ2v) is 7.33. The van der Waals surface area contributed by atoms with Gasteiger partial charge in [0, 0.05) is 24.3 Å². The number of hydrogen-bond acceptors (Lipinski definition) is 3. The molecule has 0 atom stereocenters. The maximum Gasteiger partial charge on any atom is 0.258 e. The number of anilines is 1. The lowest BCUT2D eigenvalue weighted by atomic mass is 10.2. The average Bonchev–Trinajstić information content (AvgIpc) is 3.38. The van der Waals surface area contributed by atoms with E-state index in [4.69, 9.17) is 0 Å². The molecule has 3 rings (SSSR count). The number of carbonyl (C=O) groups excluding carboxylic acids is 1. The second-order valence-electron chi connectivity index (χ2n) is 5.62. The Morgan fingerprint density at radius 1 is 1.04 bits per heavy atom. The van der Waals surface area contributed by atoms with E-state index in [2.05, 4.69) is 4.72 Å². The van der Waals surface area contributed by atoms with E-state index in [9.17, 15) is 13.2 Å². The summed E-state index contributed by atoms with van der Waals surface area (Å²) in [6.07, 6.45) is 1.77. The third-order valence-corrected chi connectivity index (χ3v) is 5.30. The first kappa shape index (κ1) is 15.7. The molecule has 0 aromatic heterocycles. The highest BCUT2D eigenvalue weighted by atomic mass is 32.2. The molecule has 1 fully saturated rings. The van der Waals surface area contributed by atoms with Crippen molar-refractivity contribution in [2.24, 2.45) is 0 Å². The summed E-state index contributed by atoms with van der Waals surface area (Å²) in [5.41, 5.74) is 1.23. The zero-order chi connectivity index (χ0) is 16.4. The van der Waals surface area contributed by atoms with Gasteiger partial charge in [-0.2, -0.15) is 0 Å². The summed E-state index contributed by atoms with van der Waals surface area (Å²) in [4.78, 5) is 14.2. The minimum Gasteiger partial charge on any atom is -0.311 e. The highest BCUT2D eigenvalue weighted by molar-refractivity contribution is 7.89. The molecule has 1 saturated carbocycles. The van der Waals surface area contributed by atoms with Crippen molar-refractivity contribution in [3.63, 3.8) is 0 Å². The fourth-order valence-corrected chi connectivity index (χ4v) is 3.53. The number of amides is 1. The molecule has 5 nitrogen and oxygen atoms in total. The molecule has 0 bridgehead atoms. The third kappa shape index (κ3) is 3.60. The predicted molar refractivity (Wildman–Crippen MR) is 89.0 cm³/mol. The van der Waals surface area contributed by atoms with Gasteiger partial charge < -0.3 is 4.90 Å². The number of benzene rings is 2. The number of hydrogen-bond donors (Lipinski definition) is 1. The van der Waals surface area contributed by atoms with E-state index in [0.717, 1.165) is 18.5 Å². The molecule has 2 aromatic carbocycles. The van der Waals surface area contributed by atoms with E-state index in [-0.39, 0.29) is 16.8 Å². The molecule has 0 aliphatic heterocycles. The van der Waals surface area contributed by atoms with Gasteiger partial charge in [-0.05, 0) is 49.2 Å². The van der Waals surface area contributed by atoms with Crippen LogP contribution in [0.15, 0.2) is 59.5 Å². The third-order valence-electron chi connectivity index (χ3n) is 3.76. The van der Waals surface area contributed by atoms with E-state index in [1.165, 1.54) is 17.0 Å². The Balaban J connectivity index is 1.77. The highest BCUT2D eigenvalue weighted by Crippen LogP contribution is 2.22. The summed E-state index contributed by atoms with van der Waals surface area (Å²) in [6.45, 7) is 0. The van der Waals surface area contributed by atoms with Gasteiger partial charge in [-0.15, -0.1) is 0 Å². The number of sulfonamides is 1. The number of rotatable bonds is 5. The van der Waals surface area contributed by atoms with Gasteiger partial charge in [0.05, 0.1) is 4.90 Å². The lowest BCUT2D eigenvalue weighted by Crippen LogP contribution is -2.27. The van der Waals surface area contributed by atoms with Crippen LogP contribution < -0.4 is 9.62 Å². The summed E-state index contributed by atoms with van der Waals surface area (Å²) >= 11 is 0.